The van der Waals surface area contributed by atoms with Gasteiger partial charge in [0.05, 0.1) is 11.3 Å². The summed E-state index contributed by atoms with van der Waals surface area (Å²) in [5.41, 5.74) is 2.57. The van der Waals surface area contributed by atoms with Crippen LogP contribution in [0.15, 0.2) is 53.7 Å². The number of rotatable bonds is 6. The molecule has 0 spiro atoms. The smallest absolute Gasteiger partial charge is 0.230 e. The molecule has 3 aromatic rings. The maximum absolute atomic E-state index is 13.7. The monoisotopic (exact) mass is 356 g/mol. The third-order valence-electron chi connectivity index (χ3n) is 3.66. The van der Waals surface area contributed by atoms with Gasteiger partial charge in [0.2, 0.25) is 11.1 Å². The molecule has 0 radical (unpaired) electrons. The topological polar surface area (TPSA) is 70.7 Å². The molecule has 2 N–H and O–H groups in total. The Morgan fingerprint density at radius 3 is 2.76 bits per heavy atom. The molecule has 1 heterocycles. The van der Waals surface area contributed by atoms with E-state index in [0.717, 1.165) is 11.1 Å². The fourth-order valence-corrected chi connectivity index (χ4v) is 2.90. The fraction of sp³-hybridized carbons (Fsp3) is 0.167. The predicted molar refractivity (Wildman–Crippen MR) is 95.5 cm³/mol. The molecule has 3 rings (SSSR count). The highest BCUT2D eigenvalue weighted by molar-refractivity contribution is 7.99. The number of amides is 1. The quantitative estimate of drug-likeness (QED) is 0.665. The van der Waals surface area contributed by atoms with Crippen LogP contribution >= 0.6 is 11.8 Å². The lowest BCUT2D eigenvalue weighted by atomic mass is 10.1. The number of aromatic nitrogens is 3. The molecule has 0 unspecified atom stereocenters. The van der Waals surface area contributed by atoms with Gasteiger partial charge in [-0.3, -0.25) is 9.89 Å². The van der Waals surface area contributed by atoms with Crippen LogP contribution in [0.2, 0.25) is 0 Å². The normalized spacial score (nSPS) is 10.6. The second-order valence-corrected chi connectivity index (χ2v) is 6.38. The van der Waals surface area contributed by atoms with Gasteiger partial charge in [-0.1, -0.05) is 48.2 Å². The number of aryl methyl sites for hydroxylation is 1. The highest BCUT2D eigenvalue weighted by Gasteiger charge is 2.11. The van der Waals surface area contributed by atoms with E-state index in [0.29, 0.717) is 23.1 Å². The second kappa shape index (κ2) is 7.94. The van der Waals surface area contributed by atoms with E-state index in [1.54, 1.807) is 18.2 Å². The molecule has 1 amide bonds. The molecule has 128 valence electrons. The molecule has 25 heavy (non-hydrogen) atoms. The summed E-state index contributed by atoms with van der Waals surface area (Å²) in [4.78, 5) is 16.2. The Labute approximate surface area is 149 Å². The van der Waals surface area contributed by atoms with Crippen LogP contribution in [0.5, 0.6) is 0 Å². The second-order valence-electron chi connectivity index (χ2n) is 5.44. The lowest BCUT2D eigenvalue weighted by Gasteiger charge is -2.07. The first-order valence-electron chi connectivity index (χ1n) is 7.75. The molecule has 0 fully saturated rings. The van der Waals surface area contributed by atoms with Crippen molar-refractivity contribution in [2.45, 2.75) is 18.6 Å². The lowest BCUT2D eigenvalue weighted by molar-refractivity contribution is -0.118. The zero-order valence-corrected chi connectivity index (χ0v) is 14.4. The molecule has 2 aromatic carbocycles. The molecule has 0 aliphatic carbocycles. The molecule has 0 bridgehead atoms. The zero-order valence-electron chi connectivity index (χ0n) is 13.6. The van der Waals surface area contributed by atoms with Gasteiger partial charge in [-0.2, -0.15) is 0 Å². The number of nitrogens with zero attached hydrogens (tertiary/aromatic N) is 2. The number of H-pyrrole nitrogens is 1. The van der Waals surface area contributed by atoms with E-state index < -0.39 is 0 Å². The van der Waals surface area contributed by atoms with E-state index in [-0.39, 0.29) is 17.5 Å². The van der Waals surface area contributed by atoms with Crippen molar-refractivity contribution < 1.29 is 9.18 Å². The van der Waals surface area contributed by atoms with Crippen LogP contribution in [0, 0.1) is 12.7 Å². The SMILES string of the molecule is Cc1ccccc1CNC(=O)CSc1n[nH]c(-c2ccccc2F)n1. The van der Waals surface area contributed by atoms with Crippen LogP contribution in [0.25, 0.3) is 11.4 Å². The van der Waals surface area contributed by atoms with Crippen LogP contribution < -0.4 is 5.32 Å². The predicted octanol–water partition coefficient (Wildman–Crippen LogP) is 3.33. The number of hydrogen-bond donors (Lipinski definition) is 2. The highest BCUT2D eigenvalue weighted by Crippen LogP contribution is 2.21. The highest BCUT2D eigenvalue weighted by atomic mass is 32.2. The molecule has 0 aliphatic rings. The maximum Gasteiger partial charge on any atom is 0.230 e. The van der Waals surface area contributed by atoms with E-state index in [4.69, 9.17) is 0 Å². The third kappa shape index (κ3) is 4.45. The minimum atomic E-state index is -0.369. The van der Waals surface area contributed by atoms with E-state index in [1.807, 2.05) is 31.2 Å². The summed E-state index contributed by atoms with van der Waals surface area (Å²) in [6, 6.07) is 14.2. The van der Waals surface area contributed by atoms with E-state index in [1.165, 1.54) is 17.8 Å². The van der Waals surface area contributed by atoms with Crippen molar-refractivity contribution in [2.24, 2.45) is 0 Å². The summed E-state index contributed by atoms with van der Waals surface area (Å²) in [6.07, 6.45) is 0. The van der Waals surface area contributed by atoms with Crippen molar-refractivity contribution >= 4 is 17.7 Å². The van der Waals surface area contributed by atoms with Crippen molar-refractivity contribution in [3.63, 3.8) is 0 Å². The first-order valence-corrected chi connectivity index (χ1v) is 8.73. The number of halogens is 1. The average Bonchev–Trinajstić information content (AvgIpc) is 3.08. The summed E-state index contributed by atoms with van der Waals surface area (Å²) >= 11 is 1.20. The summed E-state index contributed by atoms with van der Waals surface area (Å²) in [5.74, 6) is 0.0677. The van der Waals surface area contributed by atoms with Gasteiger partial charge in [0.25, 0.3) is 0 Å². The number of nitrogens with one attached hydrogen (secondary N) is 2. The minimum absolute atomic E-state index is 0.106. The van der Waals surface area contributed by atoms with Crippen molar-refractivity contribution in [3.05, 3.63) is 65.5 Å². The number of thioether (sulfide) groups is 1. The summed E-state index contributed by atoms with van der Waals surface area (Å²) in [7, 11) is 0. The maximum atomic E-state index is 13.7. The number of carbonyl (C=O) groups excluding carboxylic acids is 1. The summed E-state index contributed by atoms with van der Waals surface area (Å²) < 4.78 is 13.7. The van der Waals surface area contributed by atoms with Gasteiger partial charge in [-0.25, -0.2) is 9.37 Å². The Morgan fingerprint density at radius 1 is 1.20 bits per heavy atom. The summed E-state index contributed by atoms with van der Waals surface area (Å²) in [5, 5.41) is 10.00. The molecule has 0 saturated carbocycles. The lowest BCUT2D eigenvalue weighted by Crippen LogP contribution is -2.24. The fourth-order valence-electron chi connectivity index (χ4n) is 2.27. The third-order valence-corrected chi connectivity index (χ3v) is 4.51. The number of hydrogen-bond acceptors (Lipinski definition) is 4. The standard InChI is InChI=1S/C18H17FN4OS/c1-12-6-2-3-7-13(12)10-20-16(24)11-25-18-21-17(22-23-18)14-8-4-5-9-15(14)19/h2-9H,10-11H2,1H3,(H,20,24)(H,21,22,23). The Bertz CT molecular complexity index is 881. The number of aromatic amines is 1. The molecular formula is C18H17FN4OS. The van der Waals surface area contributed by atoms with Crippen LogP contribution in [0.1, 0.15) is 11.1 Å². The minimum Gasteiger partial charge on any atom is -0.351 e. The van der Waals surface area contributed by atoms with Gasteiger partial charge in [0, 0.05) is 6.54 Å². The van der Waals surface area contributed by atoms with Crippen LogP contribution in [-0.2, 0) is 11.3 Å². The molecule has 5 nitrogen and oxygen atoms in total. The summed E-state index contributed by atoms with van der Waals surface area (Å²) in [6.45, 7) is 2.49. The van der Waals surface area contributed by atoms with Gasteiger partial charge in [0.15, 0.2) is 5.82 Å². The van der Waals surface area contributed by atoms with E-state index in [9.17, 15) is 9.18 Å². The Balaban J connectivity index is 1.53. The Morgan fingerprint density at radius 2 is 1.96 bits per heavy atom. The van der Waals surface area contributed by atoms with E-state index >= 15 is 0 Å². The van der Waals surface area contributed by atoms with E-state index in [2.05, 4.69) is 20.5 Å². The Kier molecular flexibility index (Phi) is 5.45. The van der Waals surface area contributed by atoms with Gasteiger partial charge in [-0.05, 0) is 30.2 Å². The van der Waals surface area contributed by atoms with Crippen LogP contribution in [0.3, 0.4) is 0 Å². The molecule has 7 heteroatoms. The average molecular weight is 356 g/mol. The van der Waals surface area contributed by atoms with Crippen molar-refractivity contribution in [1.82, 2.24) is 20.5 Å². The van der Waals surface area contributed by atoms with Crippen LogP contribution in [0.4, 0.5) is 4.39 Å². The number of benzene rings is 2. The number of carbonyl (C=O) groups is 1. The van der Waals surface area contributed by atoms with Crippen LogP contribution in [-0.4, -0.2) is 26.8 Å². The van der Waals surface area contributed by atoms with Crippen molar-refractivity contribution in [1.29, 1.82) is 0 Å². The Hall–Kier alpha value is -2.67. The molecule has 1 aromatic heterocycles. The van der Waals surface area contributed by atoms with Gasteiger partial charge >= 0.3 is 0 Å². The first kappa shape index (κ1) is 17.2. The van der Waals surface area contributed by atoms with Gasteiger partial charge in [0.1, 0.15) is 5.82 Å². The molecular weight excluding hydrogens is 339 g/mol. The first-order chi connectivity index (χ1) is 12.1. The molecule has 0 aliphatic heterocycles. The largest absolute Gasteiger partial charge is 0.351 e. The van der Waals surface area contributed by atoms with Gasteiger partial charge in [-0.15, -0.1) is 5.10 Å². The van der Waals surface area contributed by atoms with Crippen molar-refractivity contribution in [3.8, 4) is 11.4 Å². The van der Waals surface area contributed by atoms with Gasteiger partial charge < -0.3 is 5.32 Å². The molecule has 0 atom stereocenters. The zero-order chi connectivity index (χ0) is 17.6. The van der Waals surface area contributed by atoms with Crippen molar-refractivity contribution in [2.75, 3.05) is 5.75 Å². The molecule has 0 saturated heterocycles.